The molecule has 0 atom stereocenters. The van der Waals surface area contributed by atoms with Gasteiger partial charge >= 0.3 is 0 Å². The first kappa shape index (κ1) is 12.1. The Morgan fingerprint density at radius 3 is 2.94 bits per heavy atom. The van der Waals surface area contributed by atoms with E-state index < -0.39 is 0 Å². The Kier molecular flexibility index (Phi) is 4.00. The van der Waals surface area contributed by atoms with Gasteiger partial charge in [-0.1, -0.05) is 0 Å². The summed E-state index contributed by atoms with van der Waals surface area (Å²) in [6.45, 7) is 2.70. The molecule has 88 valence electrons. The van der Waals surface area contributed by atoms with Gasteiger partial charge in [-0.15, -0.1) is 11.3 Å². The first-order valence-corrected chi connectivity index (χ1v) is 7.00. The van der Waals surface area contributed by atoms with E-state index in [4.69, 9.17) is 0 Å². The number of carbonyl (C=O) groups is 1. The van der Waals surface area contributed by atoms with Gasteiger partial charge in [-0.25, -0.2) is 0 Å². The molecule has 1 aromatic heterocycles. The van der Waals surface area contributed by atoms with Crippen LogP contribution in [0.15, 0.2) is 15.9 Å². The van der Waals surface area contributed by atoms with Gasteiger partial charge < -0.3 is 10.2 Å². The minimum atomic E-state index is 0.246. The maximum Gasteiger partial charge on any atom is 0.223 e. The van der Waals surface area contributed by atoms with Crippen LogP contribution in [0.4, 0.5) is 0 Å². The number of nitrogens with zero attached hydrogens (tertiary/aromatic N) is 1. The van der Waals surface area contributed by atoms with Gasteiger partial charge in [0.1, 0.15) is 0 Å². The molecule has 0 radical (unpaired) electrons. The van der Waals surface area contributed by atoms with Crippen molar-refractivity contribution in [2.75, 3.05) is 20.1 Å². The predicted molar refractivity (Wildman–Crippen MR) is 69.5 cm³/mol. The molecule has 1 aromatic rings. The zero-order valence-corrected chi connectivity index (χ0v) is 11.6. The lowest BCUT2D eigenvalue weighted by molar-refractivity contribution is -0.131. The highest BCUT2D eigenvalue weighted by molar-refractivity contribution is 9.10. The molecule has 1 saturated heterocycles. The normalized spacial score (nSPS) is 15.9. The minimum Gasteiger partial charge on any atom is -0.341 e. The minimum absolute atomic E-state index is 0.246. The molecule has 2 rings (SSSR count). The largest absolute Gasteiger partial charge is 0.341 e. The molecule has 0 aromatic carbocycles. The van der Waals surface area contributed by atoms with Gasteiger partial charge in [0.25, 0.3) is 0 Å². The number of hydrogen-bond donors (Lipinski definition) is 1. The third-order valence-corrected chi connectivity index (χ3v) is 4.45. The number of thiophene rings is 1. The van der Waals surface area contributed by atoms with Gasteiger partial charge in [-0.05, 0) is 41.0 Å². The number of rotatable bonds is 4. The van der Waals surface area contributed by atoms with Crippen LogP contribution in [0.3, 0.4) is 0 Å². The number of hydrogen-bond acceptors (Lipinski definition) is 3. The van der Waals surface area contributed by atoms with Gasteiger partial charge in [0.15, 0.2) is 0 Å². The molecular formula is C11H15BrN2OS. The third-order valence-electron chi connectivity index (χ3n) is 2.77. The smallest absolute Gasteiger partial charge is 0.223 e. The van der Waals surface area contributed by atoms with Gasteiger partial charge in [-0.2, -0.15) is 0 Å². The first-order chi connectivity index (χ1) is 7.65. The molecule has 1 amide bonds. The Morgan fingerprint density at radius 1 is 1.69 bits per heavy atom. The van der Waals surface area contributed by atoms with Crippen LogP contribution in [0.5, 0.6) is 0 Å². The topological polar surface area (TPSA) is 32.3 Å². The highest BCUT2D eigenvalue weighted by Crippen LogP contribution is 2.21. The summed E-state index contributed by atoms with van der Waals surface area (Å²) in [5.41, 5.74) is 0. The van der Waals surface area contributed by atoms with Crippen molar-refractivity contribution in [3.05, 3.63) is 20.8 Å². The molecule has 1 aliphatic heterocycles. The lowest BCUT2D eigenvalue weighted by atomic mass is 9.99. The molecule has 16 heavy (non-hydrogen) atoms. The fraction of sp³-hybridized carbons (Fsp3) is 0.545. The van der Waals surface area contributed by atoms with E-state index in [0.717, 1.165) is 24.1 Å². The van der Waals surface area contributed by atoms with Crippen LogP contribution < -0.4 is 5.32 Å². The molecule has 2 heterocycles. The summed E-state index contributed by atoms with van der Waals surface area (Å²) in [5, 5.41) is 5.23. The average molecular weight is 303 g/mol. The summed E-state index contributed by atoms with van der Waals surface area (Å²) in [4.78, 5) is 14.9. The Labute approximate surface area is 108 Å². The van der Waals surface area contributed by atoms with Crippen LogP contribution in [0.1, 0.15) is 11.3 Å². The van der Waals surface area contributed by atoms with E-state index in [1.807, 2.05) is 17.3 Å². The maximum absolute atomic E-state index is 11.8. The van der Waals surface area contributed by atoms with Crippen LogP contribution in [0, 0.1) is 5.92 Å². The number of halogens is 1. The second kappa shape index (κ2) is 5.29. The zero-order chi connectivity index (χ0) is 11.5. The second-order valence-corrected chi connectivity index (χ2v) is 6.12. The molecule has 3 nitrogen and oxygen atoms in total. The quantitative estimate of drug-likeness (QED) is 0.923. The Hall–Kier alpha value is -0.390. The van der Waals surface area contributed by atoms with Crippen molar-refractivity contribution in [1.82, 2.24) is 10.2 Å². The number of amides is 1. The Morgan fingerprint density at radius 2 is 2.44 bits per heavy atom. The predicted octanol–water partition coefficient (Wildman–Crippen LogP) is 2.08. The molecular weight excluding hydrogens is 288 g/mol. The van der Waals surface area contributed by atoms with Gasteiger partial charge in [0, 0.05) is 28.2 Å². The van der Waals surface area contributed by atoms with E-state index >= 15 is 0 Å². The van der Waals surface area contributed by atoms with Crippen molar-refractivity contribution in [3.8, 4) is 0 Å². The Bertz CT molecular complexity index is 376. The fourth-order valence-corrected chi connectivity index (χ4v) is 3.16. The average Bonchev–Trinajstić information content (AvgIpc) is 2.57. The summed E-state index contributed by atoms with van der Waals surface area (Å²) >= 11 is 5.10. The lowest BCUT2D eigenvalue weighted by Gasteiger charge is -2.28. The number of carbonyl (C=O) groups excluding carboxylic acids is 1. The standard InChI is InChI=1S/C11H15BrN2OS/c1-14(6-10-3-9(12)7-16-10)11(15)2-8-4-13-5-8/h3,7-8,13H,2,4-6H2,1H3. The Balaban J connectivity index is 1.82. The maximum atomic E-state index is 11.8. The summed E-state index contributed by atoms with van der Waals surface area (Å²) in [6, 6.07) is 2.07. The van der Waals surface area contributed by atoms with Crippen LogP contribution >= 0.6 is 27.3 Å². The third kappa shape index (κ3) is 3.06. The molecule has 0 saturated carbocycles. The summed E-state index contributed by atoms with van der Waals surface area (Å²) in [7, 11) is 1.88. The van der Waals surface area contributed by atoms with E-state index in [9.17, 15) is 4.79 Å². The molecule has 0 spiro atoms. The van der Waals surface area contributed by atoms with Crippen molar-refractivity contribution in [1.29, 1.82) is 0 Å². The molecule has 0 bridgehead atoms. The molecule has 1 N–H and O–H groups in total. The van der Waals surface area contributed by atoms with Crippen molar-refractivity contribution in [2.45, 2.75) is 13.0 Å². The first-order valence-electron chi connectivity index (χ1n) is 5.32. The molecule has 5 heteroatoms. The van der Waals surface area contributed by atoms with Crippen LogP contribution in [0.25, 0.3) is 0 Å². The molecule has 1 aliphatic rings. The van der Waals surface area contributed by atoms with Crippen LogP contribution in [-0.4, -0.2) is 30.9 Å². The zero-order valence-electron chi connectivity index (χ0n) is 9.20. The van der Waals surface area contributed by atoms with Gasteiger partial charge in [0.05, 0.1) is 6.54 Å². The highest BCUT2D eigenvalue weighted by atomic mass is 79.9. The van der Waals surface area contributed by atoms with E-state index in [2.05, 4.69) is 27.3 Å². The van der Waals surface area contributed by atoms with Crippen molar-refractivity contribution >= 4 is 33.2 Å². The summed E-state index contributed by atoms with van der Waals surface area (Å²) in [6.07, 6.45) is 0.677. The molecule has 0 aliphatic carbocycles. The lowest BCUT2D eigenvalue weighted by Crippen LogP contribution is -2.44. The monoisotopic (exact) mass is 302 g/mol. The van der Waals surface area contributed by atoms with Crippen molar-refractivity contribution in [2.24, 2.45) is 5.92 Å². The van der Waals surface area contributed by atoms with Crippen LogP contribution in [0.2, 0.25) is 0 Å². The van der Waals surface area contributed by atoms with E-state index in [0.29, 0.717) is 12.3 Å². The van der Waals surface area contributed by atoms with E-state index in [-0.39, 0.29) is 5.91 Å². The van der Waals surface area contributed by atoms with Crippen molar-refractivity contribution < 1.29 is 4.79 Å². The fourth-order valence-electron chi connectivity index (χ4n) is 1.65. The van der Waals surface area contributed by atoms with E-state index in [1.54, 1.807) is 11.3 Å². The summed E-state index contributed by atoms with van der Waals surface area (Å²) < 4.78 is 1.09. The molecule has 0 unspecified atom stereocenters. The SMILES string of the molecule is CN(Cc1cc(Br)cs1)C(=O)CC1CNC1. The molecule has 1 fully saturated rings. The second-order valence-electron chi connectivity index (χ2n) is 4.21. The van der Waals surface area contributed by atoms with Gasteiger partial charge in [-0.3, -0.25) is 4.79 Å². The van der Waals surface area contributed by atoms with Crippen molar-refractivity contribution in [3.63, 3.8) is 0 Å². The van der Waals surface area contributed by atoms with Gasteiger partial charge in [0.2, 0.25) is 5.91 Å². The number of nitrogens with one attached hydrogen (secondary N) is 1. The summed E-state index contributed by atoms with van der Waals surface area (Å²) in [5.74, 6) is 0.793. The highest BCUT2D eigenvalue weighted by Gasteiger charge is 2.22. The van der Waals surface area contributed by atoms with Crippen LogP contribution in [-0.2, 0) is 11.3 Å². The van der Waals surface area contributed by atoms with E-state index in [1.165, 1.54) is 4.88 Å².